The van der Waals surface area contributed by atoms with Gasteiger partial charge in [0.2, 0.25) is 6.41 Å². The predicted octanol–water partition coefficient (Wildman–Crippen LogP) is 1.44. The van der Waals surface area contributed by atoms with Crippen LogP contribution in [0.4, 0.5) is 5.69 Å². The van der Waals surface area contributed by atoms with E-state index in [2.05, 4.69) is 15.3 Å². The third kappa shape index (κ3) is 1.38. The number of carbonyl (C=O) groups excluding carboxylic acids is 1. The van der Waals surface area contributed by atoms with E-state index >= 15 is 0 Å². The second-order valence-corrected chi connectivity index (χ2v) is 2.82. The highest BCUT2D eigenvalue weighted by atomic mass is 16.1. The van der Waals surface area contributed by atoms with Gasteiger partial charge in [0.25, 0.3) is 0 Å². The van der Waals surface area contributed by atoms with Gasteiger partial charge in [0.1, 0.15) is 5.82 Å². The number of amides is 1. The number of nitrogens with one attached hydrogen (secondary N) is 2. The van der Waals surface area contributed by atoms with Crippen LogP contribution in [0.25, 0.3) is 11.0 Å². The van der Waals surface area contributed by atoms with Crippen LogP contribution in [0.2, 0.25) is 0 Å². The van der Waals surface area contributed by atoms with Crippen LogP contribution in [0.15, 0.2) is 18.2 Å². The third-order valence-electron chi connectivity index (χ3n) is 1.83. The van der Waals surface area contributed by atoms with Crippen LogP contribution in [-0.4, -0.2) is 16.4 Å². The lowest BCUT2D eigenvalue weighted by Crippen LogP contribution is -1.92. The van der Waals surface area contributed by atoms with Crippen LogP contribution >= 0.6 is 0 Å². The average molecular weight is 175 g/mol. The van der Waals surface area contributed by atoms with E-state index in [0.29, 0.717) is 6.41 Å². The minimum absolute atomic E-state index is 0.657. The van der Waals surface area contributed by atoms with Crippen LogP contribution in [0, 0.1) is 6.92 Å². The summed E-state index contributed by atoms with van der Waals surface area (Å²) < 4.78 is 0. The Morgan fingerprint density at radius 2 is 2.38 bits per heavy atom. The van der Waals surface area contributed by atoms with Gasteiger partial charge in [-0.05, 0) is 25.1 Å². The van der Waals surface area contributed by atoms with E-state index in [1.54, 1.807) is 0 Å². The maximum atomic E-state index is 10.2. The molecule has 0 bridgehead atoms. The van der Waals surface area contributed by atoms with E-state index in [9.17, 15) is 4.79 Å². The largest absolute Gasteiger partial charge is 0.342 e. The zero-order chi connectivity index (χ0) is 9.26. The van der Waals surface area contributed by atoms with Crippen LogP contribution in [-0.2, 0) is 4.79 Å². The molecule has 1 amide bonds. The molecule has 1 aromatic heterocycles. The van der Waals surface area contributed by atoms with Crippen molar-refractivity contribution in [3.8, 4) is 0 Å². The van der Waals surface area contributed by atoms with E-state index < -0.39 is 0 Å². The maximum Gasteiger partial charge on any atom is 0.211 e. The van der Waals surface area contributed by atoms with Crippen molar-refractivity contribution >= 4 is 23.1 Å². The summed E-state index contributed by atoms with van der Waals surface area (Å²) in [5.41, 5.74) is 2.62. The van der Waals surface area contributed by atoms with Crippen molar-refractivity contribution in [1.82, 2.24) is 9.97 Å². The SMILES string of the molecule is Cc1nc2ccc(NC=O)cc2[nH]1. The first-order valence-electron chi connectivity index (χ1n) is 3.96. The molecule has 2 N–H and O–H groups in total. The Labute approximate surface area is 75.0 Å². The molecule has 4 heteroatoms. The van der Waals surface area contributed by atoms with Crippen molar-refractivity contribution in [2.75, 3.05) is 5.32 Å². The Kier molecular flexibility index (Phi) is 1.73. The molecule has 66 valence electrons. The summed E-state index contributed by atoms with van der Waals surface area (Å²) in [6.45, 7) is 1.90. The molecule has 1 heterocycles. The number of anilines is 1. The van der Waals surface area contributed by atoms with Crippen molar-refractivity contribution in [2.45, 2.75) is 6.92 Å². The van der Waals surface area contributed by atoms with Crippen molar-refractivity contribution in [3.63, 3.8) is 0 Å². The second-order valence-electron chi connectivity index (χ2n) is 2.82. The molecule has 0 aliphatic carbocycles. The fourth-order valence-corrected chi connectivity index (χ4v) is 1.30. The number of nitrogens with zero attached hydrogens (tertiary/aromatic N) is 1. The second kappa shape index (κ2) is 2.90. The summed E-state index contributed by atoms with van der Waals surface area (Å²) in [4.78, 5) is 17.5. The van der Waals surface area contributed by atoms with Gasteiger partial charge in [-0.2, -0.15) is 0 Å². The molecule has 0 atom stereocenters. The van der Waals surface area contributed by atoms with Crippen LogP contribution in [0.1, 0.15) is 5.82 Å². The number of carbonyl (C=O) groups is 1. The Morgan fingerprint density at radius 3 is 3.15 bits per heavy atom. The Bertz CT molecular complexity index is 447. The molecule has 0 radical (unpaired) electrons. The Hall–Kier alpha value is -1.84. The first kappa shape index (κ1) is 7.79. The molecule has 0 spiro atoms. The predicted molar refractivity (Wildman–Crippen MR) is 50.5 cm³/mol. The topological polar surface area (TPSA) is 57.8 Å². The lowest BCUT2D eigenvalue weighted by molar-refractivity contribution is -0.105. The molecule has 4 nitrogen and oxygen atoms in total. The minimum Gasteiger partial charge on any atom is -0.342 e. The summed E-state index contributed by atoms with van der Waals surface area (Å²) in [6.07, 6.45) is 0.657. The van der Waals surface area contributed by atoms with Crippen molar-refractivity contribution < 1.29 is 4.79 Å². The Balaban J connectivity index is 2.54. The molecule has 0 saturated heterocycles. The lowest BCUT2D eigenvalue weighted by atomic mass is 10.3. The monoisotopic (exact) mass is 175 g/mol. The summed E-state index contributed by atoms with van der Waals surface area (Å²) >= 11 is 0. The number of rotatable bonds is 2. The maximum absolute atomic E-state index is 10.2. The molecular weight excluding hydrogens is 166 g/mol. The summed E-state index contributed by atoms with van der Waals surface area (Å²) in [5.74, 6) is 0.873. The Morgan fingerprint density at radius 1 is 1.54 bits per heavy atom. The van der Waals surface area contributed by atoms with E-state index in [-0.39, 0.29) is 0 Å². The number of H-pyrrole nitrogens is 1. The number of aromatic amines is 1. The molecule has 1 aromatic carbocycles. The van der Waals surface area contributed by atoms with E-state index in [1.165, 1.54) is 0 Å². The molecular formula is C9H9N3O. The van der Waals surface area contributed by atoms with Gasteiger partial charge < -0.3 is 10.3 Å². The minimum atomic E-state index is 0.657. The molecule has 0 aliphatic heterocycles. The molecule has 0 aliphatic rings. The van der Waals surface area contributed by atoms with Gasteiger partial charge in [-0.25, -0.2) is 4.98 Å². The third-order valence-corrected chi connectivity index (χ3v) is 1.83. The number of imidazole rings is 1. The van der Waals surface area contributed by atoms with Gasteiger partial charge in [-0.1, -0.05) is 0 Å². The van der Waals surface area contributed by atoms with Crippen molar-refractivity contribution in [3.05, 3.63) is 24.0 Å². The van der Waals surface area contributed by atoms with Gasteiger partial charge in [-0.3, -0.25) is 4.79 Å². The smallest absolute Gasteiger partial charge is 0.211 e. The molecule has 0 unspecified atom stereocenters. The zero-order valence-corrected chi connectivity index (χ0v) is 7.16. The first-order chi connectivity index (χ1) is 6.29. The van der Waals surface area contributed by atoms with Gasteiger partial charge in [0.05, 0.1) is 11.0 Å². The quantitative estimate of drug-likeness (QED) is 0.678. The van der Waals surface area contributed by atoms with Crippen molar-refractivity contribution in [1.29, 1.82) is 0 Å². The summed E-state index contributed by atoms with van der Waals surface area (Å²) in [7, 11) is 0. The van der Waals surface area contributed by atoms with Crippen LogP contribution in [0.5, 0.6) is 0 Å². The standard InChI is InChI=1S/C9H9N3O/c1-6-11-8-3-2-7(10-5-13)4-9(8)12-6/h2-5H,1H3,(H,10,13)(H,11,12). The number of fused-ring (bicyclic) bond motifs is 1. The van der Waals surface area contributed by atoms with Crippen LogP contribution < -0.4 is 5.32 Å². The van der Waals surface area contributed by atoms with Crippen LogP contribution in [0.3, 0.4) is 0 Å². The number of hydrogen-bond donors (Lipinski definition) is 2. The molecule has 2 rings (SSSR count). The highest BCUT2D eigenvalue weighted by Gasteiger charge is 1.99. The number of hydrogen-bond acceptors (Lipinski definition) is 2. The van der Waals surface area contributed by atoms with Gasteiger partial charge in [-0.15, -0.1) is 0 Å². The first-order valence-corrected chi connectivity index (χ1v) is 3.96. The average Bonchev–Trinajstić information content (AvgIpc) is 2.44. The summed E-state index contributed by atoms with van der Waals surface area (Å²) in [5, 5.41) is 2.58. The highest BCUT2D eigenvalue weighted by Crippen LogP contribution is 2.16. The molecule has 13 heavy (non-hydrogen) atoms. The number of aromatic nitrogens is 2. The fourth-order valence-electron chi connectivity index (χ4n) is 1.30. The zero-order valence-electron chi connectivity index (χ0n) is 7.16. The lowest BCUT2D eigenvalue weighted by Gasteiger charge is -1.96. The highest BCUT2D eigenvalue weighted by molar-refractivity contribution is 5.82. The van der Waals surface area contributed by atoms with Gasteiger partial charge in [0.15, 0.2) is 0 Å². The van der Waals surface area contributed by atoms with Gasteiger partial charge in [0, 0.05) is 5.69 Å². The van der Waals surface area contributed by atoms with E-state index in [0.717, 1.165) is 22.5 Å². The fraction of sp³-hybridized carbons (Fsp3) is 0.111. The molecule has 2 aromatic rings. The van der Waals surface area contributed by atoms with Crippen molar-refractivity contribution in [2.24, 2.45) is 0 Å². The molecule has 0 saturated carbocycles. The summed E-state index contributed by atoms with van der Waals surface area (Å²) in [6, 6.07) is 5.53. The van der Waals surface area contributed by atoms with Gasteiger partial charge >= 0.3 is 0 Å². The van der Waals surface area contributed by atoms with E-state index in [4.69, 9.17) is 0 Å². The van der Waals surface area contributed by atoms with E-state index in [1.807, 2.05) is 25.1 Å². The number of benzene rings is 1. The normalized spacial score (nSPS) is 10.2. The number of aryl methyl sites for hydroxylation is 1. The molecule has 0 fully saturated rings.